The second-order valence-electron chi connectivity index (χ2n) is 6.05. The van der Waals surface area contributed by atoms with Crippen LogP contribution < -0.4 is 10.1 Å². The van der Waals surface area contributed by atoms with Crippen LogP contribution in [0.3, 0.4) is 0 Å². The zero-order valence-electron chi connectivity index (χ0n) is 14.8. The van der Waals surface area contributed by atoms with Crippen molar-refractivity contribution in [1.29, 1.82) is 0 Å². The number of hydrogen-bond donors (Lipinski definition) is 1. The van der Waals surface area contributed by atoms with E-state index in [1.165, 1.54) is 18.2 Å². The van der Waals surface area contributed by atoms with E-state index in [4.69, 9.17) is 27.9 Å². The van der Waals surface area contributed by atoms with Crippen LogP contribution in [0, 0.1) is 0 Å². The number of carbonyl (C=O) groups is 1. The highest BCUT2D eigenvalue weighted by molar-refractivity contribution is 6.31. The van der Waals surface area contributed by atoms with Crippen LogP contribution in [-0.4, -0.2) is 5.91 Å². The Kier molecular flexibility index (Phi) is 6.35. The van der Waals surface area contributed by atoms with Gasteiger partial charge in [0.05, 0.1) is 11.3 Å². The lowest BCUT2D eigenvalue weighted by Gasteiger charge is -2.14. The van der Waals surface area contributed by atoms with Crippen LogP contribution in [0.15, 0.2) is 66.7 Å². The molecule has 0 saturated carbocycles. The van der Waals surface area contributed by atoms with Gasteiger partial charge in [0.25, 0.3) is 5.91 Å². The van der Waals surface area contributed by atoms with Gasteiger partial charge in [-0.15, -0.1) is 0 Å². The second-order valence-corrected chi connectivity index (χ2v) is 6.89. The number of alkyl halides is 3. The fraction of sp³-hybridized carbons (Fsp3) is 0.0952. The molecule has 3 nitrogen and oxygen atoms in total. The van der Waals surface area contributed by atoms with Gasteiger partial charge >= 0.3 is 6.18 Å². The Hall–Kier alpha value is -2.70. The van der Waals surface area contributed by atoms with Crippen LogP contribution >= 0.6 is 23.2 Å². The van der Waals surface area contributed by atoms with Gasteiger partial charge in [-0.3, -0.25) is 4.79 Å². The summed E-state index contributed by atoms with van der Waals surface area (Å²) >= 11 is 11.7. The fourth-order valence-corrected chi connectivity index (χ4v) is 2.92. The Morgan fingerprint density at radius 3 is 2.45 bits per heavy atom. The first kappa shape index (κ1) is 21.0. The van der Waals surface area contributed by atoms with Crippen LogP contribution in [0.25, 0.3) is 0 Å². The molecule has 0 aliphatic heterocycles. The molecule has 0 spiro atoms. The smallest absolute Gasteiger partial charge is 0.418 e. The maximum Gasteiger partial charge on any atom is 0.418 e. The normalized spacial score (nSPS) is 11.2. The molecule has 8 heteroatoms. The quantitative estimate of drug-likeness (QED) is 0.472. The van der Waals surface area contributed by atoms with Gasteiger partial charge in [0.2, 0.25) is 0 Å². The molecule has 3 aromatic carbocycles. The van der Waals surface area contributed by atoms with Crippen molar-refractivity contribution in [2.24, 2.45) is 0 Å². The molecule has 150 valence electrons. The Labute approximate surface area is 175 Å². The molecule has 3 rings (SSSR count). The van der Waals surface area contributed by atoms with Crippen molar-refractivity contribution in [2.75, 3.05) is 5.32 Å². The molecule has 0 heterocycles. The van der Waals surface area contributed by atoms with Crippen molar-refractivity contribution in [1.82, 2.24) is 0 Å². The number of anilines is 1. The van der Waals surface area contributed by atoms with Crippen molar-refractivity contribution in [2.45, 2.75) is 12.8 Å². The molecular weight excluding hydrogens is 426 g/mol. The number of benzene rings is 3. The molecule has 3 aromatic rings. The van der Waals surface area contributed by atoms with E-state index >= 15 is 0 Å². The SMILES string of the molecule is O=C(Nc1ccc(Cl)cc1C(F)(F)F)c1cccc(OCc2ccccc2Cl)c1. The summed E-state index contributed by atoms with van der Waals surface area (Å²) in [6.07, 6.45) is -4.66. The number of amides is 1. The van der Waals surface area contributed by atoms with Gasteiger partial charge in [-0.2, -0.15) is 13.2 Å². The largest absolute Gasteiger partial charge is 0.489 e. The molecule has 0 aliphatic carbocycles. The van der Waals surface area contributed by atoms with E-state index in [2.05, 4.69) is 5.32 Å². The predicted octanol–water partition coefficient (Wildman–Crippen LogP) is 6.84. The lowest BCUT2D eigenvalue weighted by molar-refractivity contribution is -0.136. The monoisotopic (exact) mass is 439 g/mol. The average molecular weight is 440 g/mol. The van der Waals surface area contributed by atoms with E-state index in [9.17, 15) is 18.0 Å². The summed E-state index contributed by atoms with van der Waals surface area (Å²) in [7, 11) is 0. The summed E-state index contributed by atoms with van der Waals surface area (Å²) < 4.78 is 45.2. The molecular formula is C21H14Cl2F3NO2. The van der Waals surface area contributed by atoms with E-state index in [0.29, 0.717) is 10.8 Å². The number of rotatable bonds is 5. The Morgan fingerprint density at radius 1 is 0.966 bits per heavy atom. The molecule has 0 atom stereocenters. The molecule has 0 aromatic heterocycles. The highest BCUT2D eigenvalue weighted by atomic mass is 35.5. The average Bonchev–Trinajstić information content (AvgIpc) is 2.68. The van der Waals surface area contributed by atoms with Gasteiger partial charge in [0.1, 0.15) is 12.4 Å². The molecule has 0 bridgehead atoms. The number of halogens is 5. The molecule has 1 amide bonds. The molecule has 1 N–H and O–H groups in total. The molecule has 0 saturated heterocycles. The lowest BCUT2D eigenvalue weighted by Crippen LogP contribution is -2.16. The number of carbonyl (C=O) groups excluding carboxylic acids is 1. The Bertz CT molecular complexity index is 1040. The van der Waals surface area contributed by atoms with Gasteiger partial charge in [-0.05, 0) is 42.5 Å². The topological polar surface area (TPSA) is 38.3 Å². The summed E-state index contributed by atoms with van der Waals surface area (Å²) in [6, 6.07) is 16.4. The molecule has 0 aliphatic rings. The molecule has 0 fully saturated rings. The maximum absolute atomic E-state index is 13.2. The summed E-state index contributed by atoms with van der Waals surface area (Å²) in [4.78, 5) is 12.5. The lowest BCUT2D eigenvalue weighted by atomic mass is 10.1. The van der Waals surface area contributed by atoms with E-state index in [-0.39, 0.29) is 22.9 Å². The predicted molar refractivity (Wildman–Crippen MR) is 107 cm³/mol. The highest BCUT2D eigenvalue weighted by Gasteiger charge is 2.34. The van der Waals surface area contributed by atoms with E-state index in [1.54, 1.807) is 30.3 Å². The van der Waals surface area contributed by atoms with Crippen LogP contribution in [0.5, 0.6) is 5.75 Å². The van der Waals surface area contributed by atoms with Crippen LogP contribution in [0.4, 0.5) is 18.9 Å². The highest BCUT2D eigenvalue weighted by Crippen LogP contribution is 2.36. The van der Waals surface area contributed by atoms with E-state index < -0.39 is 17.6 Å². The number of nitrogens with one attached hydrogen (secondary N) is 1. The molecule has 0 radical (unpaired) electrons. The zero-order chi connectivity index (χ0) is 21.0. The maximum atomic E-state index is 13.2. The van der Waals surface area contributed by atoms with Crippen molar-refractivity contribution < 1.29 is 22.7 Å². The summed E-state index contributed by atoms with van der Waals surface area (Å²) in [5.74, 6) is -0.328. The van der Waals surface area contributed by atoms with E-state index in [0.717, 1.165) is 17.7 Å². The van der Waals surface area contributed by atoms with E-state index in [1.807, 2.05) is 6.07 Å². The third-order valence-electron chi connectivity index (χ3n) is 3.98. The Balaban J connectivity index is 1.76. The summed E-state index contributed by atoms with van der Waals surface area (Å²) in [5, 5.41) is 2.74. The van der Waals surface area contributed by atoms with Crippen LogP contribution in [0.1, 0.15) is 21.5 Å². The van der Waals surface area contributed by atoms with Crippen molar-refractivity contribution in [3.8, 4) is 5.75 Å². The fourth-order valence-electron chi connectivity index (χ4n) is 2.56. The minimum atomic E-state index is -4.66. The first-order valence-corrected chi connectivity index (χ1v) is 9.14. The second kappa shape index (κ2) is 8.76. The number of hydrogen-bond acceptors (Lipinski definition) is 2. The minimum Gasteiger partial charge on any atom is -0.489 e. The van der Waals surface area contributed by atoms with Crippen molar-refractivity contribution in [3.63, 3.8) is 0 Å². The van der Waals surface area contributed by atoms with Crippen LogP contribution in [-0.2, 0) is 12.8 Å². The minimum absolute atomic E-state index is 0.0784. The molecule has 0 unspecified atom stereocenters. The zero-order valence-corrected chi connectivity index (χ0v) is 16.3. The van der Waals surface area contributed by atoms with Gasteiger partial charge < -0.3 is 10.1 Å². The van der Waals surface area contributed by atoms with Gasteiger partial charge in [-0.25, -0.2) is 0 Å². The summed E-state index contributed by atoms with van der Waals surface area (Å²) in [6.45, 7) is 0.181. The first-order valence-electron chi connectivity index (χ1n) is 8.38. The third kappa shape index (κ3) is 5.43. The van der Waals surface area contributed by atoms with Crippen molar-refractivity contribution in [3.05, 3.63) is 93.5 Å². The van der Waals surface area contributed by atoms with Gasteiger partial charge in [-0.1, -0.05) is 47.5 Å². The van der Waals surface area contributed by atoms with Crippen LogP contribution in [0.2, 0.25) is 10.0 Å². The number of ether oxygens (including phenoxy) is 1. The third-order valence-corrected chi connectivity index (χ3v) is 4.59. The first-order chi connectivity index (χ1) is 13.7. The molecule has 29 heavy (non-hydrogen) atoms. The summed E-state index contributed by atoms with van der Waals surface area (Å²) in [5.41, 5.74) is -0.497. The van der Waals surface area contributed by atoms with Crippen molar-refractivity contribution >= 4 is 34.8 Å². The standard InChI is InChI=1S/C21H14Cl2F3NO2/c22-15-8-9-19(17(11-15)21(24,25)26)27-20(28)13-5-3-6-16(10-13)29-12-14-4-1-2-7-18(14)23/h1-11H,12H2,(H,27,28). The van der Waals surface area contributed by atoms with Gasteiger partial charge in [0, 0.05) is 21.2 Å². The Morgan fingerprint density at radius 2 is 1.72 bits per heavy atom. The van der Waals surface area contributed by atoms with Gasteiger partial charge in [0.15, 0.2) is 0 Å².